The zero-order valence-corrected chi connectivity index (χ0v) is 9.83. The first-order chi connectivity index (χ1) is 8.50. The van der Waals surface area contributed by atoms with Crippen LogP contribution in [0.2, 0.25) is 0 Å². The first-order valence-electron chi connectivity index (χ1n) is 5.43. The van der Waals surface area contributed by atoms with E-state index in [9.17, 15) is 9.90 Å². The van der Waals surface area contributed by atoms with E-state index in [4.69, 9.17) is 9.84 Å². The van der Waals surface area contributed by atoms with Crippen LogP contribution in [-0.4, -0.2) is 33.4 Å². The lowest BCUT2D eigenvalue weighted by molar-refractivity contribution is -0.159. The van der Waals surface area contributed by atoms with Gasteiger partial charge in [0.2, 0.25) is 0 Å². The Morgan fingerprint density at radius 1 is 1.39 bits per heavy atom. The SMILES string of the molecule is CC(O)(COc1cccc2ncccc12)C(=O)O. The van der Waals surface area contributed by atoms with Crippen molar-refractivity contribution in [3.05, 3.63) is 36.5 Å². The molecule has 1 aromatic carbocycles. The summed E-state index contributed by atoms with van der Waals surface area (Å²) >= 11 is 0. The van der Waals surface area contributed by atoms with Gasteiger partial charge in [-0.2, -0.15) is 0 Å². The van der Waals surface area contributed by atoms with Gasteiger partial charge in [0.1, 0.15) is 12.4 Å². The molecule has 5 nitrogen and oxygen atoms in total. The summed E-state index contributed by atoms with van der Waals surface area (Å²) in [6.07, 6.45) is 1.67. The highest BCUT2D eigenvalue weighted by atomic mass is 16.5. The van der Waals surface area contributed by atoms with Gasteiger partial charge in [-0.1, -0.05) is 6.07 Å². The molecule has 2 rings (SSSR count). The van der Waals surface area contributed by atoms with Crippen LogP contribution in [0, 0.1) is 0 Å². The van der Waals surface area contributed by atoms with Crippen molar-refractivity contribution in [1.82, 2.24) is 4.98 Å². The molecular weight excluding hydrogens is 234 g/mol. The van der Waals surface area contributed by atoms with Crippen molar-refractivity contribution in [2.45, 2.75) is 12.5 Å². The van der Waals surface area contributed by atoms with Crippen LogP contribution < -0.4 is 4.74 Å². The number of aliphatic hydroxyl groups is 1. The van der Waals surface area contributed by atoms with E-state index in [1.54, 1.807) is 24.4 Å². The summed E-state index contributed by atoms with van der Waals surface area (Å²) in [5.41, 5.74) is -1.16. The molecule has 5 heteroatoms. The molecule has 0 fully saturated rings. The fraction of sp³-hybridized carbons (Fsp3) is 0.231. The third-order valence-corrected chi connectivity index (χ3v) is 2.58. The summed E-state index contributed by atoms with van der Waals surface area (Å²) < 4.78 is 5.37. The van der Waals surface area contributed by atoms with Crippen LogP contribution in [0.4, 0.5) is 0 Å². The number of rotatable bonds is 4. The Morgan fingerprint density at radius 2 is 2.17 bits per heavy atom. The van der Waals surface area contributed by atoms with Crippen LogP contribution in [0.1, 0.15) is 6.92 Å². The molecule has 0 radical (unpaired) electrons. The molecule has 2 N–H and O–H groups in total. The Kier molecular flexibility index (Phi) is 3.16. The molecule has 0 saturated heterocycles. The van der Waals surface area contributed by atoms with E-state index >= 15 is 0 Å². The highest BCUT2D eigenvalue weighted by Crippen LogP contribution is 2.24. The molecule has 0 amide bonds. The fourth-order valence-corrected chi connectivity index (χ4v) is 1.48. The van der Waals surface area contributed by atoms with Crippen LogP contribution >= 0.6 is 0 Å². The summed E-state index contributed by atoms with van der Waals surface area (Å²) in [5, 5.41) is 19.2. The van der Waals surface area contributed by atoms with Gasteiger partial charge in [-0.3, -0.25) is 4.98 Å². The molecule has 1 heterocycles. The quantitative estimate of drug-likeness (QED) is 0.854. The van der Waals surface area contributed by atoms with Crippen LogP contribution in [0.15, 0.2) is 36.5 Å². The minimum atomic E-state index is -1.91. The maximum Gasteiger partial charge on any atom is 0.339 e. The van der Waals surface area contributed by atoms with Gasteiger partial charge in [-0.05, 0) is 31.2 Å². The first kappa shape index (κ1) is 12.3. The average Bonchev–Trinajstić information content (AvgIpc) is 2.36. The van der Waals surface area contributed by atoms with Gasteiger partial charge in [-0.25, -0.2) is 4.79 Å². The van der Waals surface area contributed by atoms with E-state index in [1.807, 2.05) is 12.1 Å². The van der Waals surface area contributed by atoms with Crippen molar-refractivity contribution in [3.63, 3.8) is 0 Å². The molecule has 1 aromatic heterocycles. The largest absolute Gasteiger partial charge is 0.489 e. The van der Waals surface area contributed by atoms with E-state index in [0.29, 0.717) is 5.75 Å². The van der Waals surface area contributed by atoms with Crippen LogP contribution in [0.25, 0.3) is 10.9 Å². The highest BCUT2D eigenvalue weighted by Gasteiger charge is 2.31. The molecule has 0 aliphatic heterocycles. The Labute approximate surface area is 104 Å². The van der Waals surface area contributed by atoms with E-state index in [-0.39, 0.29) is 6.61 Å². The molecule has 0 spiro atoms. The third-order valence-electron chi connectivity index (χ3n) is 2.58. The number of carboxylic acid groups (broad SMARTS) is 1. The zero-order chi connectivity index (χ0) is 13.2. The molecule has 0 saturated carbocycles. The minimum absolute atomic E-state index is 0.323. The molecule has 0 aliphatic carbocycles. The molecule has 2 aromatic rings. The second-order valence-corrected chi connectivity index (χ2v) is 4.19. The van der Waals surface area contributed by atoms with E-state index in [0.717, 1.165) is 10.9 Å². The average molecular weight is 247 g/mol. The van der Waals surface area contributed by atoms with Gasteiger partial charge < -0.3 is 14.9 Å². The predicted octanol–water partition coefficient (Wildman–Crippen LogP) is 1.45. The number of carboxylic acids is 1. The number of fused-ring (bicyclic) bond motifs is 1. The van der Waals surface area contributed by atoms with Gasteiger partial charge in [0.05, 0.1) is 5.52 Å². The van der Waals surface area contributed by atoms with Crippen molar-refractivity contribution >= 4 is 16.9 Å². The molecule has 94 valence electrons. The van der Waals surface area contributed by atoms with Crippen molar-refractivity contribution in [3.8, 4) is 5.75 Å². The monoisotopic (exact) mass is 247 g/mol. The van der Waals surface area contributed by atoms with Crippen LogP contribution in [-0.2, 0) is 4.79 Å². The number of aromatic nitrogens is 1. The van der Waals surface area contributed by atoms with E-state index in [2.05, 4.69) is 4.98 Å². The van der Waals surface area contributed by atoms with Gasteiger partial charge >= 0.3 is 5.97 Å². The number of hydrogen-bond acceptors (Lipinski definition) is 4. The topological polar surface area (TPSA) is 79.7 Å². The number of aliphatic carboxylic acids is 1. The molecule has 18 heavy (non-hydrogen) atoms. The summed E-state index contributed by atoms with van der Waals surface area (Å²) in [6.45, 7) is 0.870. The summed E-state index contributed by atoms with van der Waals surface area (Å²) in [5.74, 6) is -0.817. The van der Waals surface area contributed by atoms with Gasteiger partial charge in [-0.15, -0.1) is 0 Å². The second kappa shape index (κ2) is 4.62. The molecule has 1 atom stereocenters. The van der Waals surface area contributed by atoms with Crippen molar-refractivity contribution in [2.24, 2.45) is 0 Å². The van der Waals surface area contributed by atoms with E-state index < -0.39 is 11.6 Å². The lowest BCUT2D eigenvalue weighted by Crippen LogP contribution is -2.41. The van der Waals surface area contributed by atoms with Gasteiger partial charge in [0.25, 0.3) is 0 Å². The number of benzene rings is 1. The maximum absolute atomic E-state index is 10.8. The van der Waals surface area contributed by atoms with Crippen molar-refractivity contribution < 1.29 is 19.7 Å². The standard InChI is InChI=1S/C13H13NO4/c1-13(17,12(15)16)8-18-11-6-2-5-10-9(11)4-3-7-14-10/h2-7,17H,8H2,1H3,(H,15,16). The number of ether oxygens (including phenoxy) is 1. The van der Waals surface area contributed by atoms with Crippen molar-refractivity contribution in [1.29, 1.82) is 0 Å². The van der Waals surface area contributed by atoms with Crippen molar-refractivity contribution in [2.75, 3.05) is 6.61 Å². The third kappa shape index (κ3) is 2.41. The number of nitrogens with zero attached hydrogens (tertiary/aromatic N) is 1. The smallest absolute Gasteiger partial charge is 0.339 e. The molecule has 1 unspecified atom stereocenters. The number of hydrogen-bond donors (Lipinski definition) is 2. The second-order valence-electron chi connectivity index (χ2n) is 4.19. The summed E-state index contributed by atoms with van der Waals surface area (Å²) in [6, 6.07) is 8.90. The number of pyridine rings is 1. The zero-order valence-electron chi connectivity index (χ0n) is 9.83. The summed E-state index contributed by atoms with van der Waals surface area (Å²) in [4.78, 5) is 14.9. The number of carbonyl (C=O) groups is 1. The molecular formula is C13H13NO4. The minimum Gasteiger partial charge on any atom is -0.489 e. The Morgan fingerprint density at radius 3 is 2.89 bits per heavy atom. The predicted molar refractivity (Wildman–Crippen MR) is 65.5 cm³/mol. The Balaban J connectivity index is 2.25. The highest BCUT2D eigenvalue weighted by molar-refractivity contribution is 5.85. The lowest BCUT2D eigenvalue weighted by Gasteiger charge is -2.18. The summed E-state index contributed by atoms with van der Waals surface area (Å²) in [7, 11) is 0. The first-order valence-corrected chi connectivity index (χ1v) is 5.43. The van der Waals surface area contributed by atoms with Crippen LogP contribution in [0.5, 0.6) is 5.75 Å². The van der Waals surface area contributed by atoms with E-state index in [1.165, 1.54) is 6.92 Å². The Bertz CT molecular complexity index is 575. The fourth-order valence-electron chi connectivity index (χ4n) is 1.48. The maximum atomic E-state index is 10.8. The van der Waals surface area contributed by atoms with Gasteiger partial charge in [0, 0.05) is 11.6 Å². The lowest BCUT2D eigenvalue weighted by atomic mass is 10.1. The normalized spacial score (nSPS) is 14.1. The molecule has 0 aliphatic rings. The van der Waals surface area contributed by atoms with Crippen LogP contribution in [0.3, 0.4) is 0 Å². The molecule has 0 bridgehead atoms. The van der Waals surface area contributed by atoms with Gasteiger partial charge in [0.15, 0.2) is 5.60 Å². The Hall–Kier alpha value is -2.14.